The number of nitrogens with one attached hydrogen (secondary N) is 1. The van der Waals surface area contributed by atoms with E-state index in [0.29, 0.717) is 12.6 Å². The van der Waals surface area contributed by atoms with Crippen molar-refractivity contribution >= 4 is 5.97 Å². The van der Waals surface area contributed by atoms with Crippen LogP contribution in [0.2, 0.25) is 0 Å². The van der Waals surface area contributed by atoms with Gasteiger partial charge in [0.25, 0.3) is 0 Å². The van der Waals surface area contributed by atoms with Crippen LogP contribution in [0.25, 0.3) is 0 Å². The zero-order valence-corrected chi connectivity index (χ0v) is 12.3. The van der Waals surface area contributed by atoms with Crippen LogP contribution in [-0.2, 0) is 16.1 Å². The monoisotopic (exact) mass is 277 g/mol. The molecule has 1 aliphatic carbocycles. The average Bonchev–Trinajstić information content (AvgIpc) is 2.46. The number of carbonyl (C=O) groups is 1. The molecule has 0 atom stereocenters. The Morgan fingerprint density at radius 3 is 2.80 bits per heavy atom. The molecule has 0 saturated heterocycles. The molecule has 0 bridgehead atoms. The van der Waals surface area contributed by atoms with Crippen molar-refractivity contribution in [3.05, 3.63) is 23.8 Å². The number of hydrogen-bond donors (Lipinski definition) is 1. The van der Waals surface area contributed by atoms with Gasteiger partial charge in [-0.1, -0.05) is 0 Å². The van der Waals surface area contributed by atoms with Crippen LogP contribution in [0.5, 0.6) is 0 Å². The number of aromatic nitrogens is 2. The molecule has 0 spiro atoms. The van der Waals surface area contributed by atoms with Gasteiger partial charge in [0, 0.05) is 18.8 Å². The number of esters is 1. The van der Waals surface area contributed by atoms with Gasteiger partial charge in [-0.05, 0) is 45.6 Å². The van der Waals surface area contributed by atoms with E-state index in [0.717, 1.165) is 43.7 Å². The van der Waals surface area contributed by atoms with E-state index in [-0.39, 0.29) is 11.9 Å². The molecule has 1 aromatic rings. The number of hydrogen-bond acceptors (Lipinski definition) is 5. The fourth-order valence-electron chi connectivity index (χ4n) is 2.65. The van der Waals surface area contributed by atoms with Crippen LogP contribution >= 0.6 is 0 Å². The summed E-state index contributed by atoms with van der Waals surface area (Å²) < 4.78 is 5.08. The van der Waals surface area contributed by atoms with Gasteiger partial charge in [-0.25, -0.2) is 9.97 Å². The second-order valence-corrected chi connectivity index (χ2v) is 5.28. The van der Waals surface area contributed by atoms with E-state index in [1.54, 1.807) is 6.20 Å². The second-order valence-electron chi connectivity index (χ2n) is 5.28. The smallest absolute Gasteiger partial charge is 0.308 e. The van der Waals surface area contributed by atoms with Crippen molar-refractivity contribution in [1.82, 2.24) is 15.3 Å². The lowest BCUT2D eigenvalue weighted by atomic mass is 9.86. The predicted octanol–water partition coefficient (Wildman–Crippen LogP) is 2.00. The molecule has 2 rings (SSSR count). The van der Waals surface area contributed by atoms with Gasteiger partial charge in [-0.2, -0.15) is 0 Å². The van der Waals surface area contributed by atoms with Crippen molar-refractivity contribution in [2.45, 2.75) is 52.1 Å². The van der Waals surface area contributed by atoms with Gasteiger partial charge >= 0.3 is 5.97 Å². The molecule has 0 aromatic carbocycles. The van der Waals surface area contributed by atoms with E-state index in [2.05, 4.69) is 15.3 Å². The molecule has 1 N–H and O–H groups in total. The molecule has 1 saturated carbocycles. The topological polar surface area (TPSA) is 64.1 Å². The molecule has 1 heterocycles. The predicted molar refractivity (Wildman–Crippen MR) is 76.0 cm³/mol. The highest BCUT2D eigenvalue weighted by Gasteiger charge is 2.26. The summed E-state index contributed by atoms with van der Waals surface area (Å²) in [6, 6.07) is 2.40. The first-order valence-corrected chi connectivity index (χ1v) is 7.37. The maximum atomic E-state index is 11.7. The molecule has 5 heteroatoms. The lowest BCUT2D eigenvalue weighted by Gasteiger charge is -2.27. The zero-order valence-electron chi connectivity index (χ0n) is 12.3. The van der Waals surface area contributed by atoms with Gasteiger partial charge in [0.2, 0.25) is 0 Å². The molecule has 20 heavy (non-hydrogen) atoms. The fourth-order valence-corrected chi connectivity index (χ4v) is 2.65. The molecule has 1 aromatic heterocycles. The molecular formula is C15H23N3O2. The largest absolute Gasteiger partial charge is 0.466 e. The second kappa shape index (κ2) is 7.33. The van der Waals surface area contributed by atoms with Crippen molar-refractivity contribution < 1.29 is 9.53 Å². The normalized spacial score (nSPS) is 22.5. The van der Waals surface area contributed by atoms with Gasteiger partial charge in [0.05, 0.1) is 18.2 Å². The van der Waals surface area contributed by atoms with Crippen molar-refractivity contribution in [2.24, 2.45) is 5.92 Å². The third kappa shape index (κ3) is 4.27. The number of rotatable bonds is 5. The lowest BCUT2D eigenvalue weighted by Crippen LogP contribution is -2.35. The van der Waals surface area contributed by atoms with Crippen molar-refractivity contribution in [1.29, 1.82) is 0 Å². The summed E-state index contributed by atoms with van der Waals surface area (Å²) >= 11 is 0. The summed E-state index contributed by atoms with van der Waals surface area (Å²) in [5.74, 6) is 0.863. The van der Waals surface area contributed by atoms with Crippen LogP contribution in [0.15, 0.2) is 12.3 Å². The highest BCUT2D eigenvalue weighted by molar-refractivity contribution is 5.72. The first-order chi connectivity index (χ1) is 9.69. The molecule has 5 nitrogen and oxygen atoms in total. The number of aryl methyl sites for hydroxylation is 1. The minimum atomic E-state index is -0.0302. The van der Waals surface area contributed by atoms with Crippen LogP contribution in [-0.4, -0.2) is 28.6 Å². The Labute approximate surface area is 120 Å². The summed E-state index contributed by atoms with van der Waals surface area (Å²) in [5.41, 5.74) is 1.02. The number of carbonyl (C=O) groups excluding carboxylic acids is 1. The fraction of sp³-hybridized carbons (Fsp3) is 0.667. The van der Waals surface area contributed by atoms with Gasteiger partial charge in [0.15, 0.2) is 0 Å². The highest BCUT2D eigenvalue weighted by Crippen LogP contribution is 2.25. The van der Waals surface area contributed by atoms with Crippen LogP contribution < -0.4 is 5.32 Å². The average molecular weight is 277 g/mol. The van der Waals surface area contributed by atoms with Gasteiger partial charge in [-0.15, -0.1) is 0 Å². The van der Waals surface area contributed by atoms with E-state index in [4.69, 9.17) is 4.74 Å². The first kappa shape index (κ1) is 14.9. The minimum Gasteiger partial charge on any atom is -0.466 e. The summed E-state index contributed by atoms with van der Waals surface area (Å²) in [7, 11) is 0. The van der Waals surface area contributed by atoms with E-state index in [9.17, 15) is 4.79 Å². The molecule has 1 fully saturated rings. The Bertz CT molecular complexity index is 442. The standard InChI is InChI=1S/C15H23N3O2/c1-3-20-15(19)12-4-6-13(7-5-12)17-10-14-8-9-16-11(2)18-14/h8-9,12-13,17H,3-7,10H2,1-2H3. The van der Waals surface area contributed by atoms with Crippen LogP contribution in [0.4, 0.5) is 0 Å². The van der Waals surface area contributed by atoms with Crippen LogP contribution in [0, 0.1) is 12.8 Å². The van der Waals surface area contributed by atoms with Crippen molar-refractivity contribution in [3.63, 3.8) is 0 Å². The number of ether oxygens (including phenoxy) is 1. The minimum absolute atomic E-state index is 0.0302. The highest BCUT2D eigenvalue weighted by atomic mass is 16.5. The first-order valence-electron chi connectivity index (χ1n) is 7.37. The summed E-state index contributed by atoms with van der Waals surface area (Å²) in [6.07, 6.45) is 5.66. The summed E-state index contributed by atoms with van der Waals surface area (Å²) in [4.78, 5) is 20.1. The van der Waals surface area contributed by atoms with Crippen LogP contribution in [0.1, 0.15) is 44.1 Å². The van der Waals surface area contributed by atoms with E-state index < -0.39 is 0 Å². The van der Waals surface area contributed by atoms with Crippen LogP contribution in [0.3, 0.4) is 0 Å². The molecule has 0 unspecified atom stereocenters. The maximum Gasteiger partial charge on any atom is 0.308 e. The quantitative estimate of drug-likeness (QED) is 0.834. The van der Waals surface area contributed by atoms with E-state index in [1.165, 1.54) is 0 Å². The van der Waals surface area contributed by atoms with Gasteiger partial charge in [-0.3, -0.25) is 4.79 Å². The molecular weight excluding hydrogens is 254 g/mol. The Kier molecular flexibility index (Phi) is 5.47. The Morgan fingerprint density at radius 2 is 2.15 bits per heavy atom. The zero-order chi connectivity index (χ0) is 14.4. The SMILES string of the molecule is CCOC(=O)C1CCC(NCc2ccnc(C)n2)CC1. The molecule has 0 radical (unpaired) electrons. The molecule has 110 valence electrons. The Morgan fingerprint density at radius 1 is 1.40 bits per heavy atom. The lowest BCUT2D eigenvalue weighted by molar-refractivity contribution is -0.149. The summed E-state index contributed by atoms with van der Waals surface area (Å²) in [6.45, 7) is 4.99. The van der Waals surface area contributed by atoms with Gasteiger partial charge < -0.3 is 10.1 Å². The molecule has 1 aliphatic rings. The third-order valence-electron chi connectivity index (χ3n) is 3.75. The van der Waals surface area contributed by atoms with Crippen molar-refractivity contribution in [3.8, 4) is 0 Å². The third-order valence-corrected chi connectivity index (χ3v) is 3.75. The maximum absolute atomic E-state index is 11.7. The Hall–Kier alpha value is -1.49. The van der Waals surface area contributed by atoms with Crippen molar-refractivity contribution in [2.75, 3.05) is 6.61 Å². The molecule has 0 amide bonds. The van der Waals surface area contributed by atoms with E-state index in [1.807, 2.05) is 19.9 Å². The van der Waals surface area contributed by atoms with E-state index >= 15 is 0 Å². The summed E-state index contributed by atoms with van der Waals surface area (Å²) in [5, 5.41) is 3.51. The van der Waals surface area contributed by atoms with Gasteiger partial charge in [0.1, 0.15) is 5.82 Å². The number of nitrogens with zero attached hydrogens (tertiary/aromatic N) is 2. The Balaban J connectivity index is 1.73. The molecule has 0 aliphatic heterocycles.